The summed E-state index contributed by atoms with van der Waals surface area (Å²) in [5.41, 5.74) is 3.21. The summed E-state index contributed by atoms with van der Waals surface area (Å²) >= 11 is 0. The van der Waals surface area contributed by atoms with Gasteiger partial charge in [-0.25, -0.2) is 8.42 Å². The molecule has 1 aliphatic heterocycles. The summed E-state index contributed by atoms with van der Waals surface area (Å²) in [4.78, 5) is 26.2. The first kappa shape index (κ1) is 19.2. The minimum absolute atomic E-state index is 0.0544. The van der Waals surface area contributed by atoms with Crippen LogP contribution in [-0.2, 0) is 10.0 Å². The lowest BCUT2D eigenvalue weighted by Crippen LogP contribution is -2.51. The van der Waals surface area contributed by atoms with Crippen LogP contribution in [0.15, 0.2) is 77.7 Å². The largest absolute Gasteiger partial charge is 0.292 e. The van der Waals surface area contributed by atoms with E-state index >= 15 is 0 Å². The summed E-state index contributed by atoms with van der Waals surface area (Å²) < 4.78 is 26.6. The Morgan fingerprint density at radius 1 is 0.897 bits per heavy atom. The zero-order chi connectivity index (χ0) is 20.8. The Morgan fingerprint density at radius 3 is 2.28 bits per heavy atom. The van der Waals surface area contributed by atoms with Gasteiger partial charge in [0.15, 0.2) is 17.6 Å². The molecule has 0 saturated heterocycles. The van der Waals surface area contributed by atoms with E-state index in [1.807, 2.05) is 37.3 Å². The topological polar surface area (TPSA) is 71.5 Å². The minimum atomic E-state index is -3.93. The molecule has 0 radical (unpaired) electrons. The second kappa shape index (κ2) is 7.06. The zero-order valence-electron chi connectivity index (χ0n) is 16.0. The van der Waals surface area contributed by atoms with Gasteiger partial charge in [0.25, 0.3) is 0 Å². The highest BCUT2D eigenvalue weighted by Crippen LogP contribution is 2.31. The van der Waals surface area contributed by atoms with Gasteiger partial charge in [0, 0.05) is 18.2 Å². The van der Waals surface area contributed by atoms with Crippen molar-refractivity contribution in [2.24, 2.45) is 0 Å². The van der Waals surface area contributed by atoms with Crippen molar-refractivity contribution in [2.75, 3.05) is 7.05 Å². The Hall–Kier alpha value is -3.09. The second-order valence-corrected chi connectivity index (χ2v) is 9.06. The summed E-state index contributed by atoms with van der Waals surface area (Å²) in [6.07, 6.45) is 0. The number of benzene rings is 3. The van der Waals surface area contributed by atoms with E-state index in [4.69, 9.17) is 0 Å². The van der Waals surface area contributed by atoms with Crippen LogP contribution in [0.5, 0.6) is 0 Å². The van der Waals surface area contributed by atoms with Gasteiger partial charge in [0.05, 0.1) is 4.90 Å². The standard InChI is InChI=1S/C23H19NO4S/c1-15-7-5-8-16(13-15)17-9-6-10-18(14-17)22(25)21-23(26)19-11-3-4-12-20(19)29(27,28)24(21)2/h3-14,21H,1-2H3. The molecule has 0 aromatic heterocycles. The van der Waals surface area contributed by atoms with Crippen molar-refractivity contribution in [1.29, 1.82) is 0 Å². The number of carbonyl (C=O) groups excluding carboxylic acids is 2. The number of nitrogens with zero attached hydrogens (tertiary/aromatic N) is 1. The Balaban J connectivity index is 1.77. The molecule has 1 heterocycles. The third-order valence-electron chi connectivity index (χ3n) is 5.17. The molecule has 0 saturated carbocycles. The van der Waals surface area contributed by atoms with Crippen molar-refractivity contribution in [2.45, 2.75) is 17.9 Å². The first-order valence-corrected chi connectivity index (χ1v) is 10.6. The molecule has 1 aliphatic rings. The molecule has 3 aromatic carbocycles. The van der Waals surface area contributed by atoms with E-state index in [0.717, 1.165) is 21.0 Å². The molecular weight excluding hydrogens is 386 g/mol. The average Bonchev–Trinajstić information content (AvgIpc) is 2.73. The van der Waals surface area contributed by atoms with Crippen molar-refractivity contribution in [3.63, 3.8) is 0 Å². The van der Waals surface area contributed by atoms with Crippen LogP contribution in [-0.4, -0.2) is 37.4 Å². The van der Waals surface area contributed by atoms with Crippen LogP contribution >= 0.6 is 0 Å². The number of hydrogen-bond donors (Lipinski definition) is 0. The molecule has 0 aliphatic carbocycles. The summed E-state index contributed by atoms with van der Waals surface area (Å²) in [5.74, 6) is -1.05. The van der Waals surface area contributed by atoms with Crippen molar-refractivity contribution < 1.29 is 18.0 Å². The van der Waals surface area contributed by atoms with Crippen LogP contribution in [0.25, 0.3) is 11.1 Å². The lowest BCUT2D eigenvalue weighted by molar-refractivity contribution is 0.0784. The van der Waals surface area contributed by atoms with Gasteiger partial charge in [-0.05, 0) is 36.2 Å². The number of sulfonamides is 1. The van der Waals surface area contributed by atoms with Gasteiger partial charge in [-0.2, -0.15) is 4.31 Å². The summed E-state index contributed by atoms with van der Waals surface area (Å²) in [6.45, 7) is 1.98. The van der Waals surface area contributed by atoms with E-state index < -0.39 is 27.6 Å². The van der Waals surface area contributed by atoms with Crippen molar-refractivity contribution in [1.82, 2.24) is 4.31 Å². The molecule has 0 amide bonds. The monoisotopic (exact) mass is 405 g/mol. The van der Waals surface area contributed by atoms with E-state index in [1.165, 1.54) is 19.2 Å². The molecule has 29 heavy (non-hydrogen) atoms. The third kappa shape index (κ3) is 3.20. The predicted molar refractivity (Wildman–Crippen MR) is 110 cm³/mol. The van der Waals surface area contributed by atoms with Gasteiger partial charge < -0.3 is 0 Å². The van der Waals surface area contributed by atoms with Crippen LogP contribution in [0, 0.1) is 6.92 Å². The van der Waals surface area contributed by atoms with Crippen LogP contribution in [0.4, 0.5) is 0 Å². The zero-order valence-corrected chi connectivity index (χ0v) is 16.8. The fraction of sp³-hybridized carbons (Fsp3) is 0.130. The number of ketones is 2. The van der Waals surface area contributed by atoms with Crippen LogP contribution < -0.4 is 0 Å². The number of carbonyl (C=O) groups is 2. The normalized spacial score (nSPS) is 18.3. The van der Waals surface area contributed by atoms with Crippen molar-refractivity contribution >= 4 is 21.6 Å². The Kier molecular flexibility index (Phi) is 4.68. The molecule has 0 spiro atoms. The number of Topliss-reactive ketones (excluding diaryl/α,β-unsaturated/α-hetero) is 2. The maximum atomic E-state index is 13.2. The summed E-state index contributed by atoms with van der Waals surface area (Å²) in [7, 11) is -2.66. The quantitative estimate of drug-likeness (QED) is 0.492. The molecule has 0 bridgehead atoms. The number of hydrogen-bond acceptors (Lipinski definition) is 4. The summed E-state index contributed by atoms with van der Waals surface area (Å²) in [6, 6.07) is 19.4. The van der Waals surface area contributed by atoms with Gasteiger partial charge in [0.2, 0.25) is 10.0 Å². The second-order valence-electron chi connectivity index (χ2n) is 7.10. The number of likely N-dealkylation sites (N-methyl/N-ethyl adjacent to an activating group) is 1. The van der Waals surface area contributed by atoms with Crippen molar-refractivity contribution in [3.05, 3.63) is 89.5 Å². The van der Waals surface area contributed by atoms with Crippen LogP contribution in [0.2, 0.25) is 0 Å². The number of rotatable bonds is 3. The number of fused-ring (bicyclic) bond motifs is 1. The van der Waals surface area contributed by atoms with Crippen LogP contribution in [0.1, 0.15) is 26.3 Å². The highest BCUT2D eigenvalue weighted by atomic mass is 32.2. The third-order valence-corrected chi connectivity index (χ3v) is 7.05. The Labute approximate surface area is 169 Å². The fourth-order valence-corrected chi connectivity index (χ4v) is 5.10. The molecule has 146 valence electrons. The first-order chi connectivity index (χ1) is 13.8. The Morgan fingerprint density at radius 2 is 1.55 bits per heavy atom. The van der Waals surface area contributed by atoms with Gasteiger partial charge in [-0.15, -0.1) is 0 Å². The average molecular weight is 405 g/mol. The van der Waals surface area contributed by atoms with Crippen LogP contribution in [0.3, 0.4) is 0 Å². The maximum Gasteiger partial charge on any atom is 0.244 e. The molecule has 1 atom stereocenters. The molecule has 0 fully saturated rings. The highest BCUT2D eigenvalue weighted by molar-refractivity contribution is 7.89. The molecule has 0 N–H and O–H groups in total. The lowest BCUT2D eigenvalue weighted by atomic mass is 9.93. The SMILES string of the molecule is Cc1cccc(-c2cccc(C(=O)C3C(=O)c4ccccc4S(=O)(=O)N3C)c2)c1. The van der Waals surface area contributed by atoms with E-state index in [-0.39, 0.29) is 10.5 Å². The molecule has 4 rings (SSSR count). The number of aryl methyl sites for hydroxylation is 1. The maximum absolute atomic E-state index is 13.2. The van der Waals surface area contributed by atoms with Gasteiger partial charge >= 0.3 is 0 Å². The first-order valence-electron chi connectivity index (χ1n) is 9.13. The molecule has 5 nitrogen and oxygen atoms in total. The van der Waals surface area contributed by atoms with E-state index in [9.17, 15) is 18.0 Å². The van der Waals surface area contributed by atoms with Crippen molar-refractivity contribution in [3.8, 4) is 11.1 Å². The van der Waals surface area contributed by atoms with Gasteiger partial charge in [0.1, 0.15) is 0 Å². The lowest BCUT2D eigenvalue weighted by Gasteiger charge is -2.31. The Bertz CT molecular complexity index is 1250. The highest BCUT2D eigenvalue weighted by Gasteiger charge is 2.45. The van der Waals surface area contributed by atoms with Gasteiger partial charge in [-0.3, -0.25) is 9.59 Å². The smallest absolute Gasteiger partial charge is 0.244 e. The molecule has 1 unspecified atom stereocenters. The molecule has 3 aromatic rings. The summed E-state index contributed by atoms with van der Waals surface area (Å²) in [5, 5.41) is 0. The van der Waals surface area contributed by atoms with Gasteiger partial charge in [-0.1, -0.05) is 60.2 Å². The van der Waals surface area contributed by atoms with E-state index in [1.54, 1.807) is 30.3 Å². The minimum Gasteiger partial charge on any atom is -0.292 e. The molecular formula is C23H19NO4S. The molecule has 6 heteroatoms. The van der Waals surface area contributed by atoms with E-state index in [2.05, 4.69) is 0 Å². The fourth-order valence-electron chi connectivity index (χ4n) is 3.62. The predicted octanol–water partition coefficient (Wildman–Crippen LogP) is 3.73. The van der Waals surface area contributed by atoms with E-state index in [0.29, 0.717) is 5.56 Å².